The van der Waals surface area contributed by atoms with Crippen molar-refractivity contribution >= 4 is 5.91 Å². The molecule has 0 saturated carbocycles. The number of carbonyl (C=O) groups is 1. The fraction of sp³-hybridized carbons (Fsp3) is 0.368. The second-order valence-corrected chi connectivity index (χ2v) is 5.96. The van der Waals surface area contributed by atoms with E-state index in [1.165, 1.54) is 0 Å². The summed E-state index contributed by atoms with van der Waals surface area (Å²) in [5.74, 6) is 0.699. The second-order valence-electron chi connectivity index (χ2n) is 5.96. The number of pyridine rings is 1. The van der Waals surface area contributed by atoms with Crippen LogP contribution in [0.5, 0.6) is 5.75 Å². The molecular formula is C19H22N2O3. The molecule has 0 bridgehead atoms. The molecule has 1 aromatic heterocycles. The van der Waals surface area contributed by atoms with E-state index in [2.05, 4.69) is 10.3 Å². The first-order valence-electron chi connectivity index (χ1n) is 8.25. The molecule has 1 atom stereocenters. The summed E-state index contributed by atoms with van der Waals surface area (Å²) < 4.78 is 11.3. The van der Waals surface area contributed by atoms with Crippen LogP contribution in [0.25, 0.3) is 0 Å². The van der Waals surface area contributed by atoms with Crippen molar-refractivity contribution in [2.45, 2.75) is 32.4 Å². The van der Waals surface area contributed by atoms with Crippen LogP contribution in [0, 0.1) is 6.92 Å². The highest BCUT2D eigenvalue weighted by atomic mass is 16.5. The van der Waals surface area contributed by atoms with Gasteiger partial charge in [0, 0.05) is 25.0 Å². The lowest BCUT2D eigenvalue weighted by atomic mass is 10.2. The van der Waals surface area contributed by atoms with Gasteiger partial charge in [-0.3, -0.25) is 9.78 Å². The van der Waals surface area contributed by atoms with Crippen molar-refractivity contribution in [3.8, 4) is 5.75 Å². The van der Waals surface area contributed by atoms with Crippen LogP contribution in [0.4, 0.5) is 0 Å². The summed E-state index contributed by atoms with van der Waals surface area (Å²) in [7, 11) is 0. The number of hydrogen-bond donors (Lipinski definition) is 1. The van der Waals surface area contributed by atoms with Crippen LogP contribution < -0.4 is 10.1 Å². The largest absolute Gasteiger partial charge is 0.491 e. The zero-order chi connectivity index (χ0) is 16.8. The van der Waals surface area contributed by atoms with Gasteiger partial charge in [-0.15, -0.1) is 0 Å². The summed E-state index contributed by atoms with van der Waals surface area (Å²) in [6, 6.07) is 11.4. The number of aromatic nitrogens is 1. The third kappa shape index (κ3) is 4.55. The summed E-state index contributed by atoms with van der Waals surface area (Å²) >= 11 is 0. The van der Waals surface area contributed by atoms with Crippen LogP contribution >= 0.6 is 0 Å². The van der Waals surface area contributed by atoms with Gasteiger partial charge in [-0.25, -0.2) is 0 Å². The molecule has 1 aliphatic heterocycles. The topological polar surface area (TPSA) is 60.5 Å². The van der Waals surface area contributed by atoms with Crippen molar-refractivity contribution in [3.05, 3.63) is 59.4 Å². The Labute approximate surface area is 142 Å². The van der Waals surface area contributed by atoms with Gasteiger partial charge in [0.2, 0.25) is 0 Å². The van der Waals surface area contributed by atoms with Gasteiger partial charge in [0.25, 0.3) is 5.91 Å². The number of nitrogens with one attached hydrogen (secondary N) is 1. The third-order valence-electron chi connectivity index (χ3n) is 4.01. The zero-order valence-corrected chi connectivity index (χ0v) is 13.8. The van der Waals surface area contributed by atoms with Gasteiger partial charge in [0.15, 0.2) is 0 Å². The van der Waals surface area contributed by atoms with Gasteiger partial charge >= 0.3 is 0 Å². The molecule has 0 spiro atoms. The predicted octanol–water partition coefficient (Wildman–Crippen LogP) is 2.88. The molecule has 1 aliphatic rings. The van der Waals surface area contributed by atoms with E-state index in [1.807, 2.05) is 37.3 Å². The van der Waals surface area contributed by atoms with Gasteiger partial charge < -0.3 is 14.8 Å². The number of nitrogens with zero attached hydrogens (tertiary/aromatic N) is 1. The van der Waals surface area contributed by atoms with Crippen LogP contribution in [0.1, 0.15) is 34.5 Å². The van der Waals surface area contributed by atoms with Gasteiger partial charge in [0.1, 0.15) is 12.4 Å². The van der Waals surface area contributed by atoms with Crippen LogP contribution in [0.2, 0.25) is 0 Å². The normalized spacial score (nSPS) is 16.8. The maximum atomic E-state index is 12.1. The van der Waals surface area contributed by atoms with Crippen molar-refractivity contribution in [1.29, 1.82) is 0 Å². The Hall–Kier alpha value is -2.40. The van der Waals surface area contributed by atoms with E-state index >= 15 is 0 Å². The third-order valence-corrected chi connectivity index (χ3v) is 4.01. The predicted molar refractivity (Wildman–Crippen MR) is 91.1 cm³/mol. The lowest BCUT2D eigenvalue weighted by molar-refractivity contribution is 0.0679. The first-order valence-corrected chi connectivity index (χ1v) is 8.25. The van der Waals surface area contributed by atoms with E-state index in [0.717, 1.165) is 36.5 Å². The number of ether oxygens (including phenoxy) is 2. The van der Waals surface area contributed by atoms with E-state index in [0.29, 0.717) is 18.7 Å². The zero-order valence-electron chi connectivity index (χ0n) is 13.8. The first-order chi connectivity index (χ1) is 11.7. The average molecular weight is 326 g/mol. The highest BCUT2D eigenvalue weighted by Crippen LogP contribution is 2.16. The minimum absolute atomic E-state index is 0.124. The summed E-state index contributed by atoms with van der Waals surface area (Å²) in [6.45, 7) is 3.79. The molecular weight excluding hydrogens is 304 g/mol. The summed E-state index contributed by atoms with van der Waals surface area (Å²) in [4.78, 5) is 16.2. The minimum Gasteiger partial charge on any atom is -0.491 e. The maximum Gasteiger partial charge on any atom is 0.253 e. The lowest BCUT2D eigenvalue weighted by Gasteiger charge is -2.12. The Balaban J connectivity index is 1.46. The van der Waals surface area contributed by atoms with Gasteiger partial charge in [-0.1, -0.05) is 12.1 Å². The molecule has 1 unspecified atom stereocenters. The van der Waals surface area contributed by atoms with Gasteiger partial charge in [-0.05, 0) is 49.6 Å². The number of hydrogen-bond acceptors (Lipinski definition) is 4. The Morgan fingerprint density at radius 3 is 2.79 bits per heavy atom. The van der Waals surface area contributed by atoms with Gasteiger partial charge in [-0.2, -0.15) is 0 Å². The van der Waals surface area contributed by atoms with Crippen molar-refractivity contribution in [1.82, 2.24) is 10.3 Å². The Bertz CT molecular complexity index is 662. The van der Waals surface area contributed by atoms with Crippen molar-refractivity contribution < 1.29 is 14.3 Å². The fourth-order valence-electron chi connectivity index (χ4n) is 2.56. The quantitative estimate of drug-likeness (QED) is 0.887. The Morgan fingerprint density at radius 2 is 2.12 bits per heavy atom. The molecule has 1 amide bonds. The number of aryl methyl sites for hydroxylation is 1. The standard InChI is InChI=1S/C19H22N2O3/c1-14-4-7-16(12-20-14)19(22)21-11-15-5-8-17(9-6-15)24-13-18-3-2-10-23-18/h4-9,12,18H,2-3,10-11,13H2,1H3,(H,21,22). The molecule has 5 heteroatoms. The van der Waals surface area contributed by atoms with Crippen molar-refractivity contribution in [2.24, 2.45) is 0 Å². The second kappa shape index (κ2) is 7.93. The molecule has 1 saturated heterocycles. The molecule has 1 fully saturated rings. The average Bonchev–Trinajstić information content (AvgIpc) is 3.13. The summed E-state index contributed by atoms with van der Waals surface area (Å²) in [5, 5.41) is 2.89. The number of benzene rings is 1. The van der Waals surface area contributed by atoms with Crippen molar-refractivity contribution in [2.75, 3.05) is 13.2 Å². The van der Waals surface area contributed by atoms with Crippen molar-refractivity contribution in [3.63, 3.8) is 0 Å². The van der Waals surface area contributed by atoms with E-state index in [1.54, 1.807) is 12.3 Å². The molecule has 126 valence electrons. The Kier molecular flexibility index (Phi) is 5.43. The molecule has 0 aliphatic carbocycles. The molecule has 2 heterocycles. The molecule has 1 aromatic carbocycles. The molecule has 5 nitrogen and oxygen atoms in total. The minimum atomic E-state index is -0.124. The van der Waals surface area contributed by atoms with E-state index < -0.39 is 0 Å². The summed E-state index contributed by atoms with van der Waals surface area (Å²) in [6.07, 6.45) is 3.99. The summed E-state index contributed by atoms with van der Waals surface area (Å²) in [5.41, 5.74) is 2.48. The van der Waals surface area contributed by atoms with E-state index in [9.17, 15) is 4.79 Å². The smallest absolute Gasteiger partial charge is 0.253 e. The van der Waals surface area contributed by atoms with Gasteiger partial charge in [0.05, 0.1) is 11.7 Å². The lowest BCUT2D eigenvalue weighted by Crippen LogP contribution is -2.22. The Morgan fingerprint density at radius 1 is 1.29 bits per heavy atom. The van der Waals surface area contributed by atoms with Crippen LogP contribution in [0.15, 0.2) is 42.6 Å². The number of rotatable bonds is 6. The monoisotopic (exact) mass is 326 g/mol. The first kappa shape index (κ1) is 16.5. The molecule has 3 rings (SSSR count). The molecule has 0 radical (unpaired) electrons. The van der Waals surface area contributed by atoms with Crippen LogP contribution in [-0.4, -0.2) is 30.2 Å². The highest BCUT2D eigenvalue weighted by Gasteiger charge is 2.15. The SMILES string of the molecule is Cc1ccc(C(=O)NCc2ccc(OCC3CCCO3)cc2)cn1. The molecule has 24 heavy (non-hydrogen) atoms. The molecule has 2 aromatic rings. The van der Waals surface area contributed by atoms with E-state index in [-0.39, 0.29) is 12.0 Å². The van der Waals surface area contributed by atoms with Crippen LogP contribution in [-0.2, 0) is 11.3 Å². The molecule has 1 N–H and O–H groups in total. The highest BCUT2D eigenvalue weighted by molar-refractivity contribution is 5.93. The maximum absolute atomic E-state index is 12.1. The fourth-order valence-corrected chi connectivity index (χ4v) is 2.56. The number of carbonyl (C=O) groups excluding carboxylic acids is 1. The van der Waals surface area contributed by atoms with E-state index in [4.69, 9.17) is 9.47 Å². The van der Waals surface area contributed by atoms with Crippen LogP contribution in [0.3, 0.4) is 0 Å². The number of amides is 1.